The van der Waals surface area contributed by atoms with Gasteiger partial charge in [-0.05, 0) is 55.1 Å². The van der Waals surface area contributed by atoms with Crippen molar-refractivity contribution in [3.8, 4) is 5.69 Å². The third-order valence-electron chi connectivity index (χ3n) is 5.72. The first-order chi connectivity index (χ1) is 17.8. The summed E-state index contributed by atoms with van der Waals surface area (Å²) in [6.07, 6.45) is 3.50. The van der Waals surface area contributed by atoms with Crippen LogP contribution in [0.4, 0.5) is 8.78 Å². The van der Waals surface area contributed by atoms with E-state index in [9.17, 15) is 18.4 Å². The molecule has 3 aromatic heterocycles. The number of hydrogen-bond acceptors (Lipinski definition) is 6. The summed E-state index contributed by atoms with van der Waals surface area (Å²) in [6, 6.07) is 12.7. The number of aromatic nitrogens is 5. The van der Waals surface area contributed by atoms with E-state index in [1.165, 1.54) is 28.5 Å². The predicted molar refractivity (Wildman–Crippen MR) is 135 cm³/mol. The highest BCUT2D eigenvalue weighted by atomic mass is 32.2. The van der Waals surface area contributed by atoms with E-state index in [1.807, 2.05) is 24.7 Å². The number of benzene rings is 2. The number of rotatable bonds is 6. The van der Waals surface area contributed by atoms with E-state index in [-0.39, 0.29) is 17.7 Å². The molecule has 1 N–H and O–H groups in total. The largest absolute Gasteiger partial charge is 0.348 e. The Morgan fingerprint density at radius 1 is 1.05 bits per heavy atom. The van der Waals surface area contributed by atoms with Gasteiger partial charge in [-0.1, -0.05) is 6.07 Å². The summed E-state index contributed by atoms with van der Waals surface area (Å²) >= 11 is 1.29. The van der Waals surface area contributed by atoms with Gasteiger partial charge in [-0.2, -0.15) is 0 Å². The molecule has 0 saturated heterocycles. The minimum absolute atomic E-state index is 0.0951. The Kier molecular flexibility index (Phi) is 6.53. The molecule has 2 aromatic carbocycles. The van der Waals surface area contributed by atoms with Gasteiger partial charge in [0.25, 0.3) is 11.5 Å². The number of hydrogen-bond donors (Lipinski definition) is 1. The number of carbonyl (C=O) groups excluding carboxylic acids is 1. The van der Waals surface area contributed by atoms with Crippen LogP contribution in [0.3, 0.4) is 0 Å². The molecule has 0 bridgehead atoms. The maximum atomic E-state index is 13.9. The van der Waals surface area contributed by atoms with Gasteiger partial charge in [-0.3, -0.25) is 14.2 Å². The summed E-state index contributed by atoms with van der Waals surface area (Å²) in [5, 5.41) is 4.48. The molecule has 0 fully saturated rings. The molecule has 8 nitrogen and oxygen atoms in total. The monoisotopic (exact) mass is 518 g/mol. The molecule has 3 heterocycles. The van der Waals surface area contributed by atoms with Crippen LogP contribution in [-0.4, -0.2) is 30.0 Å². The van der Waals surface area contributed by atoms with E-state index in [2.05, 4.69) is 20.3 Å². The topological polar surface area (TPSA) is 94.7 Å². The molecular formula is C26H20F2N6O2S. The van der Waals surface area contributed by atoms with Crippen molar-refractivity contribution in [3.63, 3.8) is 0 Å². The van der Waals surface area contributed by atoms with Crippen molar-refractivity contribution in [2.75, 3.05) is 0 Å². The van der Waals surface area contributed by atoms with Gasteiger partial charge < -0.3 is 9.88 Å². The average molecular weight is 519 g/mol. The summed E-state index contributed by atoms with van der Waals surface area (Å²) < 4.78 is 30.3. The molecule has 0 aliphatic carbocycles. The molecule has 0 spiro atoms. The van der Waals surface area contributed by atoms with Crippen molar-refractivity contribution in [2.45, 2.75) is 23.8 Å². The zero-order valence-electron chi connectivity index (χ0n) is 19.8. The first-order valence-corrected chi connectivity index (χ1v) is 12.0. The number of nitrogens with one attached hydrogen (secondary N) is 1. The van der Waals surface area contributed by atoms with E-state index in [4.69, 9.17) is 0 Å². The summed E-state index contributed by atoms with van der Waals surface area (Å²) in [5.74, 6) is -1.86. The second-order valence-electron chi connectivity index (χ2n) is 8.22. The molecule has 0 aliphatic heterocycles. The van der Waals surface area contributed by atoms with E-state index in [0.717, 1.165) is 12.1 Å². The van der Waals surface area contributed by atoms with E-state index in [0.29, 0.717) is 38.3 Å². The van der Waals surface area contributed by atoms with Crippen LogP contribution < -0.4 is 10.9 Å². The minimum Gasteiger partial charge on any atom is -0.348 e. The summed E-state index contributed by atoms with van der Waals surface area (Å²) in [6.45, 7) is 1.75. The highest BCUT2D eigenvalue weighted by Gasteiger charge is 2.15. The highest BCUT2D eigenvalue weighted by Crippen LogP contribution is 2.26. The Hall–Kier alpha value is -4.38. The number of carbonyl (C=O) groups is 1. The lowest BCUT2D eigenvalue weighted by atomic mass is 10.1. The summed E-state index contributed by atoms with van der Waals surface area (Å²) in [5.41, 5.74) is 1.85. The smallest absolute Gasteiger partial charge is 0.256 e. The van der Waals surface area contributed by atoms with Crippen molar-refractivity contribution in [3.05, 3.63) is 106 Å². The lowest BCUT2D eigenvalue weighted by molar-refractivity contribution is 0.0950. The van der Waals surface area contributed by atoms with Crippen LogP contribution in [-0.2, 0) is 13.6 Å². The Bertz CT molecular complexity index is 1700. The van der Waals surface area contributed by atoms with Gasteiger partial charge in [-0.15, -0.1) is 0 Å². The number of nitrogens with zero attached hydrogens (tertiary/aromatic N) is 5. The fourth-order valence-corrected chi connectivity index (χ4v) is 4.57. The Labute approximate surface area is 214 Å². The lowest BCUT2D eigenvalue weighted by Gasteiger charge is -2.12. The molecular weight excluding hydrogens is 498 g/mol. The van der Waals surface area contributed by atoms with Crippen molar-refractivity contribution in [1.82, 2.24) is 29.4 Å². The fourth-order valence-electron chi connectivity index (χ4n) is 3.77. The fraction of sp³-hybridized carbons (Fsp3) is 0.115. The van der Waals surface area contributed by atoms with Crippen LogP contribution >= 0.6 is 11.8 Å². The second kappa shape index (κ2) is 9.94. The molecule has 0 atom stereocenters. The Morgan fingerprint density at radius 3 is 2.54 bits per heavy atom. The lowest BCUT2D eigenvalue weighted by Crippen LogP contribution is -2.23. The molecule has 11 heteroatoms. The van der Waals surface area contributed by atoms with Gasteiger partial charge in [0.15, 0.2) is 16.0 Å². The Balaban J connectivity index is 1.44. The number of imidazole rings is 1. The SMILES string of the molecule is Cc1nc(Sc2nccn2C)nc2c1ccc(=O)n2-c1ccc(C(=O)NCc2ccc(F)cc2F)cc1. The molecule has 0 aliphatic rings. The van der Waals surface area contributed by atoms with Crippen LogP contribution in [0.5, 0.6) is 0 Å². The molecule has 0 unspecified atom stereocenters. The van der Waals surface area contributed by atoms with Crippen LogP contribution in [0.15, 0.2) is 82.1 Å². The number of pyridine rings is 1. The zero-order valence-corrected chi connectivity index (χ0v) is 20.6. The van der Waals surface area contributed by atoms with Gasteiger partial charge in [-0.25, -0.2) is 23.7 Å². The van der Waals surface area contributed by atoms with Crippen LogP contribution in [0, 0.1) is 18.6 Å². The number of aryl methyl sites for hydroxylation is 2. The number of fused-ring (bicyclic) bond motifs is 1. The maximum absolute atomic E-state index is 13.9. The minimum atomic E-state index is -0.733. The third-order valence-corrected chi connectivity index (χ3v) is 6.66. The van der Waals surface area contributed by atoms with Gasteiger partial charge in [0.1, 0.15) is 11.6 Å². The van der Waals surface area contributed by atoms with E-state index >= 15 is 0 Å². The highest BCUT2D eigenvalue weighted by molar-refractivity contribution is 7.99. The van der Waals surface area contributed by atoms with Crippen molar-refractivity contribution in [1.29, 1.82) is 0 Å². The molecule has 1 amide bonds. The van der Waals surface area contributed by atoms with Crippen LogP contribution in [0.2, 0.25) is 0 Å². The van der Waals surface area contributed by atoms with Crippen molar-refractivity contribution in [2.24, 2.45) is 7.05 Å². The van der Waals surface area contributed by atoms with Crippen LogP contribution in [0.1, 0.15) is 21.6 Å². The van der Waals surface area contributed by atoms with Gasteiger partial charge >= 0.3 is 0 Å². The van der Waals surface area contributed by atoms with Crippen molar-refractivity contribution >= 4 is 28.7 Å². The maximum Gasteiger partial charge on any atom is 0.256 e. The van der Waals surface area contributed by atoms with E-state index in [1.54, 1.807) is 36.5 Å². The third kappa shape index (κ3) is 4.98. The van der Waals surface area contributed by atoms with Crippen LogP contribution in [0.25, 0.3) is 16.7 Å². The van der Waals surface area contributed by atoms with Gasteiger partial charge in [0.05, 0.1) is 11.4 Å². The molecule has 5 rings (SSSR count). The first kappa shape index (κ1) is 24.3. The standard InChI is InChI=1S/C26H20F2N6O2S/c1-15-20-9-10-22(35)34(23(20)32-25(31-15)37-26-29-11-12-33(26)2)19-7-4-16(5-8-19)24(36)30-14-17-3-6-18(27)13-21(17)28/h3-13H,14H2,1-2H3,(H,30,36). The molecule has 37 heavy (non-hydrogen) atoms. The average Bonchev–Trinajstić information content (AvgIpc) is 3.27. The Morgan fingerprint density at radius 2 is 1.84 bits per heavy atom. The van der Waals surface area contributed by atoms with Crippen molar-refractivity contribution < 1.29 is 13.6 Å². The first-order valence-electron chi connectivity index (χ1n) is 11.2. The summed E-state index contributed by atoms with van der Waals surface area (Å²) in [4.78, 5) is 39.0. The quantitative estimate of drug-likeness (QED) is 0.339. The molecule has 0 radical (unpaired) electrons. The van der Waals surface area contributed by atoms with Gasteiger partial charge in [0.2, 0.25) is 0 Å². The molecule has 186 valence electrons. The second-order valence-corrected chi connectivity index (χ2v) is 9.16. The summed E-state index contributed by atoms with van der Waals surface area (Å²) in [7, 11) is 1.87. The predicted octanol–water partition coefficient (Wildman–Crippen LogP) is 4.18. The molecule has 5 aromatic rings. The van der Waals surface area contributed by atoms with Gasteiger partial charge in [0, 0.05) is 54.6 Å². The number of amides is 1. The molecule has 0 saturated carbocycles. The van der Waals surface area contributed by atoms with E-state index < -0.39 is 17.5 Å². The zero-order chi connectivity index (χ0) is 26.1. The normalized spacial score (nSPS) is 11.1. The number of halogens is 2.